The molecule has 0 bridgehead atoms. The van der Waals surface area contributed by atoms with Gasteiger partial charge in [0.25, 0.3) is 0 Å². The number of aliphatic hydroxyl groups is 1. The summed E-state index contributed by atoms with van der Waals surface area (Å²) in [6.07, 6.45) is 2.13. The number of hydrogen-bond donors (Lipinski definition) is 1. The molecule has 3 atom stereocenters. The third kappa shape index (κ3) is 11.7. The second-order valence-electron chi connectivity index (χ2n) is 15.0. The molecule has 0 radical (unpaired) electrons. The standard InChI is InChI=1S/C30H62O5Si3/c1-17-25(34-37(13,14)29(5,6)7)27(32-23-20-24-33-36(11,12)28(2,3)4)26(21-18-19-22-31)35-38(15,16)30(8,9)10/h17,25-27,31H,1,20-24H2,2-16H3/t25?,26-,27+/m1/s1. The van der Waals surface area contributed by atoms with Crippen LogP contribution in [0.3, 0.4) is 0 Å². The van der Waals surface area contributed by atoms with Crippen molar-refractivity contribution in [1.82, 2.24) is 0 Å². The maximum Gasteiger partial charge on any atom is 0.193 e. The molecule has 1 N–H and O–H groups in total. The molecular weight excluding hydrogens is 525 g/mol. The second-order valence-corrected chi connectivity index (χ2v) is 29.3. The quantitative estimate of drug-likeness (QED) is 0.0963. The zero-order valence-electron chi connectivity index (χ0n) is 27.6. The minimum atomic E-state index is -2.15. The summed E-state index contributed by atoms with van der Waals surface area (Å²) in [4.78, 5) is 0. The third-order valence-electron chi connectivity index (χ3n) is 8.79. The summed E-state index contributed by atoms with van der Waals surface area (Å²) in [6, 6.07) is 0. The highest BCUT2D eigenvalue weighted by molar-refractivity contribution is 6.75. The summed E-state index contributed by atoms with van der Waals surface area (Å²) in [7, 11) is -6.09. The Balaban J connectivity index is 6.11. The molecule has 8 heteroatoms. The van der Waals surface area contributed by atoms with Crippen molar-refractivity contribution in [3.05, 3.63) is 12.7 Å². The Bertz CT molecular complexity index is 777. The lowest BCUT2D eigenvalue weighted by Crippen LogP contribution is -2.53. The number of ether oxygens (including phenoxy) is 1. The van der Waals surface area contributed by atoms with E-state index in [0.717, 1.165) is 6.42 Å². The van der Waals surface area contributed by atoms with Crippen LogP contribution in [-0.4, -0.2) is 68.2 Å². The van der Waals surface area contributed by atoms with Crippen LogP contribution in [0.5, 0.6) is 0 Å². The summed E-state index contributed by atoms with van der Waals surface area (Å²) in [5, 5.41) is 9.57. The molecule has 38 heavy (non-hydrogen) atoms. The van der Waals surface area contributed by atoms with Gasteiger partial charge >= 0.3 is 0 Å². The largest absolute Gasteiger partial charge is 0.417 e. The molecule has 0 spiro atoms. The van der Waals surface area contributed by atoms with E-state index in [1.165, 1.54) is 0 Å². The highest BCUT2D eigenvalue weighted by Crippen LogP contribution is 2.41. The smallest absolute Gasteiger partial charge is 0.193 e. The fourth-order valence-corrected chi connectivity index (χ4v) is 6.69. The molecule has 0 aromatic heterocycles. The SMILES string of the molecule is C=CC(O[Si](C)(C)C(C)(C)C)[C@H](OCCCO[Si](C)(C)C(C)(C)C)[C@@H](CC#CCO)O[Si](C)(C)C(C)(C)C. The molecule has 0 aromatic rings. The number of rotatable bonds is 14. The molecule has 1 unspecified atom stereocenters. The van der Waals surface area contributed by atoms with Crippen LogP contribution in [0.1, 0.15) is 75.2 Å². The van der Waals surface area contributed by atoms with Gasteiger partial charge in [0.1, 0.15) is 12.7 Å². The van der Waals surface area contributed by atoms with Crippen LogP contribution >= 0.6 is 0 Å². The van der Waals surface area contributed by atoms with Crippen LogP contribution in [0.4, 0.5) is 0 Å². The first-order valence-electron chi connectivity index (χ1n) is 14.2. The molecule has 0 heterocycles. The van der Waals surface area contributed by atoms with E-state index in [2.05, 4.69) is 120 Å². The Morgan fingerprint density at radius 1 is 0.737 bits per heavy atom. The fourth-order valence-electron chi connectivity index (χ4n) is 3.01. The molecule has 0 saturated carbocycles. The molecule has 0 aliphatic rings. The molecule has 0 rings (SSSR count). The summed E-state index contributed by atoms with van der Waals surface area (Å²) in [5.74, 6) is 5.93. The van der Waals surface area contributed by atoms with E-state index in [1.54, 1.807) is 0 Å². The van der Waals surface area contributed by atoms with Crippen molar-refractivity contribution in [3.63, 3.8) is 0 Å². The number of aliphatic hydroxyl groups excluding tert-OH is 1. The predicted molar refractivity (Wildman–Crippen MR) is 171 cm³/mol. The highest BCUT2D eigenvalue weighted by Gasteiger charge is 2.45. The summed E-state index contributed by atoms with van der Waals surface area (Å²) in [6.45, 7) is 39.0. The summed E-state index contributed by atoms with van der Waals surface area (Å²) < 4.78 is 26.8. The van der Waals surface area contributed by atoms with E-state index >= 15 is 0 Å². The zero-order valence-corrected chi connectivity index (χ0v) is 30.6. The van der Waals surface area contributed by atoms with Gasteiger partial charge in [-0.3, -0.25) is 0 Å². The number of hydrogen-bond acceptors (Lipinski definition) is 5. The van der Waals surface area contributed by atoms with Gasteiger partial charge < -0.3 is 23.1 Å². The molecule has 0 aliphatic carbocycles. The minimum Gasteiger partial charge on any atom is -0.417 e. The van der Waals surface area contributed by atoms with Gasteiger partial charge in [0.15, 0.2) is 25.0 Å². The van der Waals surface area contributed by atoms with E-state index in [4.69, 9.17) is 18.0 Å². The van der Waals surface area contributed by atoms with Gasteiger partial charge in [-0.05, 0) is 60.8 Å². The summed E-state index contributed by atoms with van der Waals surface area (Å²) in [5.41, 5.74) is 0. The van der Waals surface area contributed by atoms with Crippen molar-refractivity contribution < 1.29 is 23.1 Å². The zero-order chi connectivity index (χ0) is 30.2. The van der Waals surface area contributed by atoms with Crippen LogP contribution in [-0.2, 0) is 18.0 Å². The van der Waals surface area contributed by atoms with E-state index < -0.39 is 25.0 Å². The maximum absolute atomic E-state index is 9.32. The van der Waals surface area contributed by atoms with Crippen molar-refractivity contribution >= 4 is 25.0 Å². The van der Waals surface area contributed by atoms with Crippen molar-refractivity contribution in [2.24, 2.45) is 0 Å². The Morgan fingerprint density at radius 3 is 1.63 bits per heavy atom. The van der Waals surface area contributed by atoms with Crippen molar-refractivity contribution in [2.75, 3.05) is 19.8 Å². The average molecular weight is 587 g/mol. The van der Waals surface area contributed by atoms with Crippen LogP contribution < -0.4 is 0 Å². The van der Waals surface area contributed by atoms with Gasteiger partial charge in [-0.2, -0.15) is 0 Å². The summed E-state index contributed by atoms with van der Waals surface area (Å²) >= 11 is 0. The lowest BCUT2D eigenvalue weighted by atomic mass is 10.1. The van der Waals surface area contributed by atoms with Crippen molar-refractivity contribution in [3.8, 4) is 11.8 Å². The monoisotopic (exact) mass is 586 g/mol. The van der Waals surface area contributed by atoms with Crippen LogP contribution in [0.15, 0.2) is 12.7 Å². The predicted octanol–water partition coefficient (Wildman–Crippen LogP) is 8.14. The highest BCUT2D eigenvalue weighted by atomic mass is 28.4. The second kappa shape index (κ2) is 14.6. The van der Waals surface area contributed by atoms with Gasteiger partial charge in [-0.1, -0.05) is 80.2 Å². The Labute approximate surface area is 239 Å². The van der Waals surface area contributed by atoms with Gasteiger partial charge in [0, 0.05) is 19.6 Å². The van der Waals surface area contributed by atoms with E-state index in [1.807, 2.05) is 6.08 Å². The first kappa shape index (κ1) is 37.8. The van der Waals surface area contributed by atoms with E-state index in [0.29, 0.717) is 19.6 Å². The first-order valence-corrected chi connectivity index (χ1v) is 23.0. The molecular formula is C30H62O5Si3. The average Bonchev–Trinajstić information content (AvgIpc) is 2.71. The molecule has 5 nitrogen and oxygen atoms in total. The lowest BCUT2D eigenvalue weighted by Gasteiger charge is -2.45. The Hall–Kier alpha value is -0.249. The lowest BCUT2D eigenvalue weighted by molar-refractivity contribution is -0.0769. The topological polar surface area (TPSA) is 57.2 Å². The first-order chi connectivity index (χ1) is 16.9. The normalized spacial score (nSPS) is 16.4. The maximum atomic E-state index is 9.32. The molecule has 0 aliphatic heterocycles. The molecule has 224 valence electrons. The van der Waals surface area contributed by atoms with E-state index in [-0.39, 0.29) is 40.0 Å². The van der Waals surface area contributed by atoms with Crippen LogP contribution in [0, 0.1) is 11.8 Å². The third-order valence-corrected chi connectivity index (χ3v) is 22.3. The molecule has 0 amide bonds. The van der Waals surface area contributed by atoms with Crippen LogP contribution in [0.25, 0.3) is 0 Å². The van der Waals surface area contributed by atoms with Crippen molar-refractivity contribution in [1.29, 1.82) is 0 Å². The van der Waals surface area contributed by atoms with Gasteiger partial charge in [-0.15, -0.1) is 6.58 Å². The van der Waals surface area contributed by atoms with Gasteiger partial charge in [0.2, 0.25) is 0 Å². The molecule has 0 saturated heterocycles. The molecule has 0 aromatic carbocycles. The van der Waals surface area contributed by atoms with Crippen LogP contribution in [0.2, 0.25) is 54.4 Å². The minimum absolute atomic E-state index is 0.0289. The van der Waals surface area contributed by atoms with E-state index in [9.17, 15) is 5.11 Å². The van der Waals surface area contributed by atoms with Gasteiger partial charge in [-0.25, -0.2) is 0 Å². The Morgan fingerprint density at radius 2 is 1.21 bits per heavy atom. The molecule has 0 fully saturated rings. The Kier molecular flexibility index (Phi) is 14.5. The fraction of sp³-hybridized carbons (Fsp3) is 0.867. The van der Waals surface area contributed by atoms with Crippen molar-refractivity contribution in [2.45, 2.75) is 148 Å². The van der Waals surface area contributed by atoms with Gasteiger partial charge in [0.05, 0.1) is 12.2 Å².